The predicted molar refractivity (Wildman–Crippen MR) is 123 cm³/mol. The van der Waals surface area contributed by atoms with Crippen LogP contribution in [0.15, 0.2) is 30.3 Å². The highest BCUT2D eigenvalue weighted by Crippen LogP contribution is 2.35. The number of aromatic nitrogens is 2. The number of nitrogens with zero attached hydrogens (tertiary/aromatic N) is 2. The summed E-state index contributed by atoms with van der Waals surface area (Å²) >= 11 is 0. The normalized spacial score (nSPS) is 15.0. The quantitative estimate of drug-likeness (QED) is 0.336. The smallest absolute Gasteiger partial charge is 0.223 e. The molecule has 1 aliphatic carbocycles. The van der Waals surface area contributed by atoms with Crippen molar-refractivity contribution >= 4 is 17.3 Å². The lowest BCUT2D eigenvalue weighted by Gasteiger charge is -2.15. The molecule has 0 bridgehead atoms. The number of carbonyl (C=O) groups is 1. The zero-order chi connectivity index (χ0) is 23.3. The number of aromatic amines is 1. The molecule has 5 rings (SSSR count). The van der Waals surface area contributed by atoms with Gasteiger partial charge in [-0.05, 0) is 60.1 Å². The summed E-state index contributed by atoms with van der Waals surface area (Å²) in [5, 5.41) is 18.3. The molecule has 7 nitrogen and oxygen atoms in total. The molecular formula is C25H26FN5O2. The van der Waals surface area contributed by atoms with E-state index in [9.17, 15) is 14.3 Å². The third kappa shape index (κ3) is 3.97. The molecule has 2 heterocycles. The van der Waals surface area contributed by atoms with Crippen molar-refractivity contribution in [1.82, 2.24) is 14.9 Å². The van der Waals surface area contributed by atoms with Crippen molar-refractivity contribution in [3.05, 3.63) is 64.5 Å². The van der Waals surface area contributed by atoms with Crippen molar-refractivity contribution in [2.45, 2.75) is 45.7 Å². The van der Waals surface area contributed by atoms with Crippen LogP contribution in [0.2, 0.25) is 0 Å². The van der Waals surface area contributed by atoms with Gasteiger partial charge in [-0.3, -0.25) is 10.2 Å². The summed E-state index contributed by atoms with van der Waals surface area (Å²) in [7, 11) is 0. The van der Waals surface area contributed by atoms with E-state index in [1.165, 1.54) is 12.1 Å². The number of fused-ring (bicyclic) bond motifs is 1. The van der Waals surface area contributed by atoms with E-state index in [-0.39, 0.29) is 17.4 Å². The molecule has 2 aliphatic rings. The van der Waals surface area contributed by atoms with Gasteiger partial charge in [0, 0.05) is 17.7 Å². The van der Waals surface area contributed by atoms with Gasteiger partial charge in [-0.15, -0.1) is 0 Å². The van der Waals surface area contributed by atoms with Crippen molar-refractivity contribution in [3.63, 3.8) is 0 Å². The van der Waals surface area contributed by atoms with Gasteiger partial charge in [0.05, 0.1) is 24.5 Å². The van der Waals surface area contributed by atoms with Crippen LogP contribution in [-0.4, -0.2) is 31.6 Å². The number of phenolic OH excluding ortho intramolecular Hbond substituents is 1. The number of nitrogens with one attached hydrogen (secondary N) is 2. The molecule has 170 valence electrons. The van der Waals surface area contributed by atoms with Crippen LogP contribution in [-0.2, 0) is 24.3 Å². The fourth-order valence-electron chi connectivity index (χ4n) is 4.38. The van der Waals surface area contributed by atoms with Gasteiger partial charge in [0.25, 0.3) is 0 Å². The molecule has 2 aromatic carbocycles. The number of benzene rings is 2. The van der Waals surface area contributed by atoms with E-state index in [0.29, 0.717) is 60.1 Å². The lowest BCUT2D eigenvalue weighted by atomic mass is 9.95. The number of nitrogens with two attached hydrogens (primary N) is 1. The Morgan fingerprint density at radius 2 is 2.09 bits per heavy atom. The highest BCUT2D eigenvalue weighted by atomic mass is 19.1. The number of H-pyrrole nitrogens is 1. The second-order valence-corrected chi connectivity index (χ2v) is 8.90. The number of anilines is 1. The molecule has 33 heavy (non-hydrogen) atoms. The summed E-state index contributed by atoms with van der Waals surface area (Å²) in [5.74, 6) is 0.0645. The summed E-state index contributed by atoms with van der Waals surface area (Å²) in [6.07, 6.45) is 3.53. The first-order valence-electron chi connectivity index (χ1n) is 11.2. The first-order valence-corrected chi connectivity index (χ1v) is 11.2. The minimum atomic E-state index is -0.688. The van der Waals surface area contributed by atoms with Crippen LogP contribution >= 0.6 is 0 Å². The zero-order valence-corrected chi connectivity index (χ0v) is 18.4. The Labute approximate surface area is 191 Å². The molecule has 3 aromatic rings. The van der Waals surface area contributed by atoms with Gasteiger partial charge >= 0.3 is 0 Å². The molecule has 1 aliphatic heterocycles. The van der Waals surface area contributed by atoms with Crippen LogP contribution < -0.4 is 5.73 Å². The van der Waals surface area contributed by atoms with Crippen LogP contribution in [0.1, 0.15) is 54.5 Å². The first kappa shape index (κ1) is 21.2. The maximum atomic E-state index is 14.0. The van der Waals surface area contributed by atoms with Crippen LogP contribution in [0.25, 0.3) is 11.1 Å². The Balaban J connectivity index is 1.36. The van der Waals surface area contributed by atoms with Crippen molar-refractivity contribution in [2.24, 2.45) is 5.92 Å². The fourth-order valence-corrected chi connectivity index (χ4v) is 4.38. The van der Waals surface area contributed by atoms with Crippen LogP contribution in [0, 0.1) is 17.1 Å². The zero-order valence-electron chi connectivity index (χ0n) is 18.4. The minimum Gasteiger partial charge on any atom is -0.505 e. The van der Waals surface area contributed by atoms with E-state index >= 15 is 0 Å². The average molecular weight is 448 g/mol. The van der Waals surface area contributed by atoms with Gasteiger partial charge < -0.3 is 20.7 Å². The Hall–Kier alpha value is -3.68. The average Bonchev–Trinajstić information content (AvgIpc) is 3.37. The Morgan fingerprint density at radius 1 is 1.30 bits per heavy atom. The van der Waals surface area contributed by atoms with Gasteiger partial charge in [-0.1, -0.05) is 19.1 Å². The molecule has 1 aromatic heterocycles. The van der Waals surface area contributed by atoms with Gasteiger partial charge in [0.1, 0.15) is 5.71 Å². The maximum Gasteiger partial charge on any atom is 0.223 e. The highest BCUT2D eigenvalue weighted by Gasteiger charge is 2.32. The third-order valence-electron chi connectivity index (χ3n) is 6.49. The lowest BCUT2D eigenvalue weighted by Crippen LogP contribution is -2.26. The summed E-state index contributed by atoms with van der Waals surface area (Å²) in [5.41, 5.74) is 11.2. The second kappa shape index (κ2) is 8.03. The van der Waals surface area contributed by atoms with Gasteiger partial charge in [0.15, 0.2) is 17.4 Å². The van der Waals surface area contributed by atoms with Crippen molar-refractivity contribution in [1.29, 1.82) is 5.41 Å². The summed E-state index contributed by atoms with van der Waals surface area (Å²) < 4.78 is 14.0. The van der Waals surface area contributed by atoms with E-state index < -0.39 is 5.82 Å². The van der Waals surface area contributed by atoms with Crippen LogP contribution in [0.4, 0.5) is 10.1 Å². The van der Waals surface area contributed by atoms with Gasteiger partial charge in [0.2, 0.25) is 5.91 Å². The molecule has 0 unspecified atom stereocenters. The van der Waals surface area contributed by atoms with Crippen LogP contribution in [0.3, 0.4) is 0 Å². The summed E-state index contributed by atoms with van der Waals surface area (Å²) in [4.78, 5) is 21.9. The van der Waals surface area contributed by atoms with E-state index in [1.807, 2.05) is 11.8 Å². The number of imidazole rings is 1. The molecule has 1 saturated carbocycles. The van der Waals surface area contributed by atoms with Gasteiger partial charge in [-0.2, -0.15) is 0 Å². The number of amides is 1. The molecule has 0 atom stereocenters. The SMILES string of the molecule is CCc1cc(O)c(F)cc1-c1ccc(C(=N)c2nc3c([nH]2)CN(C(=O)CC2CC2)C3)c(N)c1. The van der Waals surface area contributed by atoms with E-state index in [0.717, 1.165) is 29.8 Å². The van der Waals surface area contributed by atoms with E-state index in [2.05, 4.69) is 9.97 Å². The van der Waals surface area contributed by atoms with E-state index in [1.54, 1.807) is 18.2 Å². The molecule has 5 N–H and O–H groups in total. The Morgan fingerprint density at radius 3 is 2.76 bits per heavy atom. The third-order valence-corrected chi connectivity index (χ3v) is 6.49. The van der Waals surface area contributed by atoms with Crippen molar-refractivity contribution in [3.8, 4) is 16.9 Å². The number of hydrogen-bond acceptors (Lipinski definition) is 5. The standard InChI is InChI=1S/C25H26FN5O2/c1-2-14-9-22(32)18(26)10-17(14)15-5-6-16(19(27)8-15)24(28)25-29-20-11-31(12-21(20)30-25)23(33)7-13-3-4-13/h5-6,8-10,13,28,32H,2-4,7,11-12,27H2,1H3,(H,29,30). The highest BCUT2D eigenvalue weighted by molar-refractivity contribution is 6.12. The molecule has 0 saturated heterocycles. The number of aromatic hydroxyl groups is 1. The van der Waals surface area contributed by atoms with Crippen molar-refractivity contribution < 1.29 is 14.3 Å². The largest absolute Gasteiger partial charge is 0.505 e. The maximum absolute atomic E-state index is 14.0. The van der Waals surface area contributed by atoms with Crippen molar-refractivity contribution in [2.75, 3.05) is 5.73 Å². The minimum absolute atomic E-state index is 0.164. The number of carbonyl (C=O) groups excluding carboxylic acids is 1. The summed E-state index contributed by atoms with van der Waals surface area (Å²) in [6, 6.07) is 7.97. The number of aryl methyl sites for hydroxylation is 1. The topological polar surface area (TPSA) is 119 Å². The fraction of sp³-hybridized carbons (Fsp3) is 0.320. The Kier molecular flexibility index (Phi) is 5.15. The molecule has 1 fully saturated rings. The second-order valence-electron chi connectivity index (χ2n) is 8.90. The number of rotatable bonds is 6. The Bertz CT molecular complexity index is 1250. The van der Waals surface area contributed by atoms with E-state index in [4.69, 9.17) is 11.1 Å². The number of nitrogen functional groups attached to an aromatic ring is 1. The monoisotopic (exact) mass is 447 g/mol. The van der Waals surface area contributed by atoms with Crippen LogP contribution in [0.5, 0.6) is 5.75 Å². The molecular weight excluding hydrogens is 421 g/mol. The predicted octanol–water partition coefficient (Wildman–Crippen LogP) is 4.12. The molecule has 8 heteroatoms. The number of halogens is 1. The number of phenols is 1. The van der Waals surface area contributed by atoms with Gasteiger partial charge in [-0.25, -0.2) is 9.37 Å². The first-order chi connectivity index (χ1) is 15.8. The number of hydrogen-bond donors (Lipinski definition) is 4. The summed E-state index contributed by atoms with van der Waals surface area (Å²) in [6.45, 7) is 2.88. The molecule has 0 radical (unpaired) electrons. The lowest BCUT2D eigenvalue weighted by molar-refractivity contribution is -0.132. The molecule has 0 spiro atoms. The molecule has 1 amide bonds.